The number of anilines is 1. The second-order valence-electron chi connectivity index (χ2n) is 8.02. The van der Waals surface area contributed by atoms with Gasteiger partial charge in [0.1, 0.15) is 0 Å². The molecular formula is C21H23N3O5S2. The summed E-state index contributed by atoms with van der Waals surface area (Å²) in [5, 5.41) is 11.9. The maximum absolute atomic E-state index is 12.6. The number of nitrogens with zero attached hydrogens (tertiary/aromatic N) is 1. The molecule has 1 fully saturated rings. The van der Waals surface area contributed by atoms with Gasteiger partial charge in [-0.25, -0.2) is 21.6 Å². The predicted molar refractivity (Wildman–Crippen MR) is 117 cm³/mol. The Hall–Kier alpha value is -2.74. The molecule has 0 radical (unpaired) electrons. The van der Waals surface area contributed by atoms with Crippen LogP contribution in [-0.2, 0) is 25.3 Å². The van der Waals surface area contributed by atoms with Crippen molar-refractivity contribution in [2.45, 2.75) is 36.6 Å². The van der Waals surface area contributed by atoms with Crippen LogP contribution in [-0.4, -0.2) is 40.3 Å². The van der Waals surface area contributed by atoms with Gasteiger partial charge < -0.3 is 5.32 Å². The molecule has 0 bridgehead atoms. The summed E-state index contributed by atoms with van der Waals surface area (Å²) in [5.41, 5.74) is 0.797. The molecule has 0 spiro atoms. The van der Waals surface area contributed by atoms with Gasteiger partial charge in [-0.2, -0.15) is 5.26 Å². The van der Waals surface area contributed by atoms with Crippen LogP contribution in [0.2, 0.25) is 0 Å². The lowest BCUT2D eigenvalue weighted by molar-refractivity contribution is 0.102. The summed E-state index contributed by atoms with van der Waals surface area (Å²) in [4.78, 5) is 12.5. The zero-order chi connectivity index (χ0) is 22.9. The molecule has 8 nitrogen and oxygen atoms in total. The summed E-state index contributed by atoms with van der Waals surface area (Å²) in [6.07, 6.45) is 0.223. The number of nitrogens with one attached hydrogen (secondary N) is 2. The van der Waals surface area contributed by atoms with E-state index in [2.05, 4.69) is 16.1 Å². The Labute approximate surface area is 182 Å². The van der Waals surface area contributed by atoms with E-state index >= 15 is 0 Å². The van der Waals surface area contributed by atoms with E-state index in [0.29, 0.717) is 5.69 Å². The number of sulfone groups is 1. The Morgan fingerprint density at radius 3 is 2.42 bits per heavy atom. The van der Waals surface area contributed by atoms with Crippen molar-refractivity contribution in [3.63, 3.8) is 0 Å². The van der Waals surface area contributed by atoms with Crippen molar-refractivity contribution in [3.8, 4) is 6.07 Å². The van der Waals surface area contributed by atoms with E-state index in [-0.39, 0.29) is 28.4 Å². The third kappa shape index (κ3) is 5.50. The van der Waals surface area contributed by atoms with Gasteiger partial charge >= 0.3 is 0 Å². The van der Waals surface area contributed by atoms with E-state index in [1.807, 2.05) is 0 Å². The number of carbonyl (C=O) groups is 1. The predicted octanol–water partition coefficient (Wildman–Crippen LogP) is 2.21. The Balaban J connectivity index is 1.74. The van der Waals surface area contributed by atoms with Crippen LogP contribution in [0, 0.1) is 11.3 Å². The Morgan fingerprint density at radius 2 is 1.84 bits per heavy atom. The van der Waals surface area contributed by atoms with Crippen LogP contribution in [0.3, 0.4) is 0 Å². The van der Waals surface area contributed by atoms with E-state index < -0.39 is 37.2 Å². The Bertz CT molecular complexity index is 1240. The monoisotopic (exact) mass is 461 g/mol. The second-order valence-corrected chi connectivity index (χ2v) is 12.0. The molecule has 1 atom stereocenters. The van der Waals surface area contributed by atoms with Gasteiger partial charge in [0.25, 0.3) is 5.91 Å². The van der Waals surface area contributed by atoms with Crippen LogP contribution in [0.25, 0.3) is 0 Å². The number of hydrogen-bond donors (Lipinski definition) is 2. The molecule has 0 aliphatic carbocycles. The average Bonchev–Trinajstić information content (AvgIpc) is 3.06. The van der Waals surface area contributed by atoms with Gasteiger partial charge in [-0.15, -0.1) is 0 Å². The first kappa shape index (κ1) is 22.9. The average molecular weight is 462 g/mol. The summed E-state index contributed by atoms with van der Waals surface area (Å²) in [6, 6.07) is 13.9. The maximum Gasteiger partial charge on any atom is 0.255 e. The topological polar surface area (TPSA) is 133 Å². The van der Waals surface area contributed by atoms with Crippen LogP contribution in [0.15, 0.2) is 53.4 Å². The molecule has 10 heteroatoms. The van der Waals surface area contributed by atoms with Gasteiger partial charge in [0, 0.05) is 17.3 Å². The highest BCUT2D eigenvalue weighted by molar-refractivity contribution is 7.92. The SMILES string of the molecule is CC(C)(C#N)c1ccc(NC(=O)c2cccc(S(=O)(=O)N[C@H]3CCS(=O)(=O)C3)c2)cc1. The second kappa shape index (κ2) is 8.42. The molecule has 1 amide bonds. The van der Waals surface area contributed by atoms with Gasteiger partial charge in [-0.1, -0.05) is 18.2 Å². The van der Waals surface area contributed by atoms with Crippen LogP contribution < -0.4 is 10.0 Å². The summed E-state index contributed by atoms with van der Waals surface area (Å²) in [6.45, 7) is 3.59. The van der Waals surface area contributed by atoms with Gasteiger partial charge in [-0.05, 0) is 56.2 Å². The molecule has 1 aliphatic heterocycles. The van der Waals surface area contributed by atoms with Crippen LogP contribution >= 0.6 is 0 Å². The summed E-state index contributed by atoms with van der Waals surface area (Å²) >= 11 is 0. The standard InChI is InChI=1S/C21H23N3O5S2/c1-21(2,14-22)16-6-8-17(9-7-16)23-20(25)15-4-3-5-19(12-15)31(28,29)24-18-10-11-30(26,27)13-18/h3-9,12,18,24H,10-11,13H2,1-2H3,(H,23,25)/t18-/m0/s1. The van der Waals surface area contributed by atoms with E-state index in [0.717, 1.165) is 5.56 Å². The number of benzene rings is 2. The summed E-state index contributed by atoms with van der Waals surface area (Å²) in [7, 11) is -7.20. The fraction of sp³-hybridized carbons (Fsp3) is 0.333. The highest BCUT2D eigenvalue weighted by Gasteiger charge is 2.31. The van der Waals surface area contributed by atoms with Gasteiger partial charge in [0.05, 0.1) is 27.9 Å². The van der Waals surface area contributed by atoms with E-state index in [9.17, 15) is 26.9 Å². The first-order valence-electron chi connectivity index (χ1n) is 9.58. The van der Waals surface area contributed by atoms with E-state index in [1.54, 1.807) is 38.1 Å². The Kier molecular flexibility index (Phi) is 6.23. The normalized spacial score (nSPS) is 18.3. The van der Waals surface area contributed by atoms with Crippen molar-refractivity contribution in [1.82, 2.24) is 4.72 Å². The minimum atomic E-state index is -3.97. The number of sulfonamides is 1. The molecule has 2 aromatic rings. The fourth-order valence-corrected chi connectivity index (χ4v) is 6.31. The third-order valence-electron chi connectivity index (χ3n) is 5.10. The first-order chi connectivity index (χ1) is 14.4. The van der Waals surface area contributed by atoms with E-state index in [4.69, 9.17) is 0 Å². The summed E-state index contributed by atoms with van der Waals surface area (Å²) < 4.78 is 50.8. The number of rotatable bonds is 6. The smallest absolute Gasteiger partial charge is 0.255 e. The molecule has 3 rings (SSSR count). The zero-order valence-corrected chi connectivity index (χ0v) is 18.8. The van der Waals surface area contributed by atoms with Crippen LogP contribution in [0.4, 0.5) is 5.69 Å². The number of amides is 1. The lowest BCUT2D eigenvalue weighted by Crippen LogP contribution is -2.35. The molecule has 164 valence electrons. The number of nitriles is 1. The fourth-order valence-electron chi connectivity index (χ4n) is 3.22. The lowest BCUT2D eigenvalue weighted by atomic mass is 9.86. The maximum atomic E-state index is 12.6. The summed E-state index contributed by atoms with van der Waals surface area (Å²) in [5.74, 6) is -0.773. The highest BCUT2D eigenvalue weighted by atomic mass is 32.2. The van der Waals surface area contributed by atoms with Crippen molar-refractivity contribution >= 4 is 31.5 Å². The molecule has 1 saturated heterocycles. The lowest BCUT2D eigenvalue weighted by Gasteiger charge is -2.16. The molecule has 0 saturated carbocycles. The molecule has 1 aliphatic rings. The van der Waals surface area contributed by atoms with Crippen molar-refractivity contribution < 1.29 is 21.6 Å². The van der Waals surface area contributed by atoms with Crippen LogP contribution in [0.1, 0.15) is 36.2 Å². The van der Waals surface area contributed by atoms with Crippen molar-refractivity contribution in [2.75, 3.05) is 16.8 Å². The van der Waals surface area contributed by atoms with Gasteiger partial charge in [0.15, 0.2) is 9.84 Å². The van der Waals surface area contributed by atoms with Crippen molar-refractivity contribution in [1.29, 1.82) is 5.26 Å². The van der Waals surface area contributed by atoms with Gasteiger partial charge in [-0.3, -0.25) is 4.79 Å². The van der Waals surface area contributed by atoms with E-state index in [1.165, 1.54) is 24.3 Å². The Morgan fingerprint density at radius 1 is 1.16 bits per heavy atom. The highest BCUT2D eigenvalue weighted by Crippen LogP contribution is 2.24. The minimum Gasteiger partial charge on any atom is -0.322 e. The quantitative estimate of drug-likeness (QED) is 0.678. The number of carbonyl (C=O) groups excluding carboxylic acids is 1. The molecule has 31 heavy (non-hydrogen) atoms. The molecular weight excluding hydrogens is 438 g/mol. The molecule has 1 heterocycles. The third-order valence-corrected chi connectivity index (χ3v) is 8.39. The minimum absolute atomic E-state index is 0.0486. The van der Waals surface area contributed by atoms with Gasteiger partial charge in [0.2, 0.25) is 10.0 Å². The van der Waals surface area contributed by atoms with Crippen LogP contribution in [0.5, 0.6) is 0 Å². The molecule has 0 aromatic heterocycles. The zero-order valence-electron chi connectivity index (χ0n) is 17.1. The first-order valence-corrected chi connectivity index (χ1v) is 12.9. The largest absolute Gasteiger partial charge is 0.322 e. The van der Waals surface area contributed by atoms with Crippen molar-refractivity contribution in [2.24, 2.45) is 0 Å². The van der Waals surface area contributed by atoms with Crippen molar-refractivity contribution in [3.05, 3.63) is 59.7 Å². The molecule has 2 N–H and O–H groups in total. The number of hydrogen-bond acceptors (Lipinski definition) is 6. The molecule has 0 unspecified atom stereocenters. The molecule has 2 aromatic carbocycles.